The van der Waals surface area contributed by atoms with E-state index in [4.69, 9.17) is 20.8 Å². The van der Waals surface area contributed by atoms with Crippen LogP contribution in [0.25, 0.3) is 0 Å². The van der Waals surface area contributed by atoms with Gasteiger partial charge >= 0.3 is 5.97 Å². The third-order valence-electron chi connectivity index (χ3n) is 6.93. The van der Waals surface area contributed by atoms with E-state index < -0.39 is 23.1 Å². The lowest BCUT2D eigenvalue weighted by atomic mass is 10.0. The lowest BCUT2D eigenvalue weighted by molar-refractivity contribution is 0.0697. The van der Waals surface area contributed by atoms with E-state index >= 15 is 0 Å². The lowest BCUT2D eigenvalue weighted by Crippen LogP contribution is -2.37. The number of fused-ring (bicyclic) bond motifs is 1. The molecule has 39 heavy (non-hydrogen) atoms. The summed E-state index contributed by atoms with van der Waals surface area (Å²) >= 11 is 6.48. The van der Waals surface area contributed by atoms with Gasteiger partial charge in [-0.25, -0.2) is 4.79 Å². The summed E-state index contributed by atoms with van der Waals surface area (Å²) < 4.78 is 11.0. The number of nitrogens with one attached hydrogen (secondary N) is 2. The number of hydrogen-bond donors (Lipinski definition) is 4. The first-order valence-electron chi connectivity index (χ1n) is 12.2. The summed E-state index contributed by atoms with van der Waals surface area (Å²) in [6.07, 6.45) is -0.703. The molecule has 1 aliphatic rings. The molecule has 0 saturated heterocycles. The van der Waals surface area contributed by atoms with Crippen molar-refractivity contribution in [2.45, 2.75) is 39.1 Å². The molecule has 5 rings (SSSR count). The molecular weight excluding hydrogens is 526 g/mol. The number of carboxylic acids is 1. The molecule has 0 saturated carbocycles. The summed E-state index contributed by atoms with van der Waals surface area (Å²) in [4.78, 5) is 38.5. The third-order valence-corrected chi connectivity index (χ3v) is 7.28. The summed E-state index contributed by atoms with van der Waals surface area (Å²) in [6.45, 7) is 3.85. The molecule has 2 atom stereocenters. The normalized spacial score (nSPS) is 15.3. The Balaban J connectivity index is 1.50. The minimum absolute atomic E-state index is 0.0268. The predicted molar refractivity (Wildman–Crippen MR) is 147 cm³/mol. The van der Waals surface area contributed by atoms with Crippen molar-refractivity contribution in [3.8, 4) is 5.75 Å². The highest BCUT2D eigenvalue weighted by Gasteiger charge is 2.36. The van der Waals surface area contributed by atoms with Crippen LogP contribution >= 0.6 is 11.6 Å². The van der Waals surface area contributed by atoms with Crippen molar-refractivity contribution in [2.24, 2.45) is 0 Å². The number of halogens is 1. The van der Waals surface area contributed by atoms with Crippen molar-refractivity contribution in [3.63, 3.8) is 0 Å². The molecule has 4 N–H and O–H groups in total. The Morgan fingerprint density at radius 2 is 1.92 bits per heavy atom. The lowest BCUT2D eigenvalue weighted by Gasteiger charge is -2.26. The molecule has 1 aromatic heterocycles. The Hall–Kier alpha value is -4.28. The van der Waals surface area contributed by atoms with Crippen molar-refractivity contribution < 1.29 is 24.2 Å². The molecule has 0 spiro atoms. The molecule has 0 bridgehead atoms. The molecule has 202 valence electrons. The van der Waals surface area contributed by atoms with Gasteiger partial charge in [0.25, 0.3) is 10.9 Å². The van der Waals surface area contributed by atoms with Crippen molar-refractivity contribution in [3.05, 3.63) is 96.1 Å². The number of aromatic carboxylic acids is 1. The highest BCUT2D eigenvalue weighted by Crippen LogP contribution is 2.45. The molecule has 0 amide bonds. The Morgan fingerprint density at radius 1 is 1.18 bits per heavy atom. The van der Waals surface area contributed by atoms with Gasteiger partial charge in [-0.3, -0.25) is 9.59 Å². The van der Waals surface area contributed by atoms with E-state index in [1.54, 1.807) is 12.1 Å². The number of anilines is 4. The number of carboxylic acid groups (broad SMARTS) is 1. The molecule has 0 aliphatic carbocycles. The van der Waals surface area contributed by atoms with Gasteiger partial charge in [0.1, 0.15) is 28.6 Å². The number of methoxy groups -OCH3 is 1. The summed E-state index contributed by atoms with van der Waals surface area (Å²) in [5, 5.41) is 27.6. The maximum absolute atomic E-state index is 12.6. The number of aryl methyl sites for hydroxylation is 1. The van der Waals surface area contributed by atoms with E-state index in [9.17, 15) is 24.6 Å². The van der Waals surface area contributed by atoms with Gasteiger partial charge in [0.15, 0.2) is 6.23 Å². The quantitative estimate of drug-likeness (QED) is 0.213. The van der Waals surface area contributed by atoms with Crippen LogP contribution in [0, 0.1) is 6.92 Å². The minimum Gasteiger partial charge on any atom is -0.497 e. The minimum atomic E-state index is -1.30. The first-order chi connectivity index (χ1) is 18.6. The molecule has 11 heteroatoms. The second-order valence-electron chi connectivity index (χ2n) is 9.26. The van der Waals surface area contributed by atoms with Crippen LogP contribution in [0.5, 0.6) is 5.75 Å². The van der Waals surface area contributed by atoms with E-state index in [0.29, 0.717) is 39.8 Å². The van der Waals surface area contributed by atoms with Gasteiger partial charge in [-0.05, 0) is 55.3 Å². The number of aliphatic hydroxyl groups is 1. The maximum Gasteiger partial charge on any atom is 0.337 e. The topological polar surface area (TPSA) is 141 Å². The second kappa shape index (κ2) is 10.1. The van der Waals surface area contributed by atoms with E-state index in [1.165, 1.54) is 30.2 Å². The number of aliphatic hydroxyl groups excluding tert-OH is 1. The highest BCUT2D eigenvalue weighted by atomic mass is 35.5. The molecule has 1 aliphatic heterocycles. The van der Waals surface area contributed by atoms with Crippen LogP contribution in [0.2, 0.25) is 5.02 Å². The summed E-state index contributed by atoms with van der Waals surface area (Å²) in [5.41, 5.74) is 0.324. The predicted octanol–water partition coefficient (Wildman–Crippen LogP) is 4.86. The Kier molecular flexibility index (Phi) is 6.83. The number of hydrogen-bond acceptors (Lipinski definition) is 9. The van der Waals surface area contributed by atoms with Crippen LogP contribution < -0.4 is 31.1 Å². The highest BCUT2D eigenvalue weighted by molar-refractivity contribution is 6.31. The third kappa shape index (κ3) is 4.51. The standard InChI is InChI=1S/C28H26ClN3O7/c1-4-18(21-10-5-13(2)39-21)30-23-24(26(34)25(23)33)31-19-9-8-17(29)16-12-32(27(35)22(16)19)20-11-14(38-3)6-7-15(20)28(36)37/h5-11,18,27,30-31,35H,4,12H2,1-3H3,(H,36,37). The van der Waals surface area contributed by atoms with E-state index in [0.717, 1.165) is 5.76 Å². The summed E-state index contributed by atoms with van der Waals surface area (Å²) in [6, 6.07) is 11.0. The fourth-order valence-corrected chi connectivity index (χ4v) is 5.09. The Morgan fingerprint density at radius 3 is 2.56 bits per heavy atom. The second-order valence-corrected chi connectivity index (χ2v) is 9.67. The number of nitrogens with zero attached hydrogens (tertiary/aromatic N) is 1. The molecule has 0 fully saturated rings. The molecular formula is C28H26ClN3O7. The van der Waals surface area contributed by atoms with Gasteiger partial charge in [0.2, 0.25) is 0 Å². The van der Waals surface area contributed by atoms with Gasteiger partial charge in [-0.2, -0.15) is 0 Å². The van der Waals surface area contributed by atoms with Gasteiger partial charge in [-0.1, -0.05) is 18.5 Å². The van der Waals surface area contributed by atoms with Gasteiger partial charge in [0, 0.05) is 28.9 Å². The number of ether oxygens (including phenoxy) is 1. The maximum atomic E-state index is 12.6. The zero-order chi connectivity index (χ0) is 28.0. The van der Waals surface area contributed by atoms with Crippen molar-refractivity contribution >= 4 is 40.3 Å². The monoisotopic (exact) mass is 551 g/mol. The number of rotatable bonds is 9. The Bertz CT molecular complexity index is 1650. The smallest absolute Gasteiger partial charge is 0.337 e. The van der Waals surface area contributed by atoms with Crippen molar-refractivity contribution in [1.29, 1.82) is 0 Å². The molecule has 0 radical (unpaired) electrons. The SMILES string of the molecule is CCC(Nc1c(Nc2ccc(Cl)c3c2C(O)N(c2cc(OC)ccc2C(=O)O)C3)c(=O)c1=O)c1ccc(C)o1. The molecule has 2 heterocycles. The average molecular weight is 552 g/mol. The summed E-state index contributed by atoms with van der Waals surface area (Å²) in [5.74, 6) is 0.613. The van der Waals surface area contributed by atoms with Crippen LogP contribution in [-0.2, 0) is 6.54 Å². The van der Waals surface area contributed by atoms with Crippen LogP contribution in [0.15, 0.2) is 56.5 Å². The van der Waals surface area contributed by atoms with Gasteiger partial charge in [0.05, 0.1) is 24.4 Å². The van der Waals surface area contributed by atoms with Crippen molar-refractivity contribution in [1.82, 2.24) is 0 Å². The van der Waals surface area contributed by atoms with Crippen LogP contribution in [0.1, 0.15) is 58.6 Å². The molecule has 3 aromatic carbocycles. The summed E-state index contributed by atoms with van der Waals surface area (Å²) in [7, 11) is 1.46. The zero-order valence-electron chi connectivity index (χ0n) is 21.4. The Labute approximate surface area is 228 Å². The largest absolute Gasteiger partial charge is 0.497 e. The number of carbonyl (C=O) groups is 1. The number of benzene rings is 2. The first-order valence-corrected chi connectivity index (χ1v) is 12.6. The van der Waals surface area contributed by atoms with Gasteiger partial charge < -0.3 is 34.9 Å². The van der Waals surface area contributed by atoms with Crippen LogP contribution in [0.4, 0.5) is 22.7 Å². The van der Waals surface area contributed by atoms with Gasteiger partial charge in [-0.15, -0.1) is 0 Å². The zero-order valence-corrected chi connectivity index (χ0v) is 22.1. The molecule has 10 nitrogen and oxygen atoms in total. The van der Waals surface area contributed by atoms with E-state index in [2.05, 4.69) is 10.6 Å². The van der Waals surface area contributed by atoms with Crippen LogP contribution in [0.3, 0.4) is 0 Å². The first kappa shape index (κ1) is 26.3. The fraction of sp³-hybridized carbons (Fsp3) is 0.250. The molecule has 4 aromatic rings. The average Bonchev–Trinajstić information content (AvgIpc) is 3.52. The van der Waals surface area contributed by atoms with E-state index in [-0.39, 0.29) is 35.2 Å². The number of furan rings is 1. The molecule has 2 unspecified atom stereocenters. The van der Waals surface area contributed by atoms with E-state index in [1.807, 2.05) is 26.0 Å². The van der Waals surface area contributed by atoms with Crippen molar-refractivity contribution in [2.75, 3.05) is 22.6 Å². The fourth-order valence-electron chi connectivity index (χ4n) is 4.86. The van der Waals surface area contributed by atoms with Crippen LogP contribution in [-0.4, -0.2) is 23.3 Å².